The van der Waals surface area contributed by atoms with E-state index < -0.39 is 0 Å². The molecule has 0 amide bonds. The van der Waals surface area contributed by atoms with Crippen LogP contribution in [0, 0.1) is 0 Å². The smallest absolute Gasteiger partial charge is 0.203 e. The Morgan fingerprint density at radius 2 is 2.53 bits per heavy atom. The van der Waals surface area contributed by atoms with Gasteiger partial charge in [0.25, 0.3) is 0 Å². The molecule has 1 unspecified atom stereocenters. The van der Waals surface area contributed by atoms with E-state index in [1.165, 1.54) is 12.8 Å². The zero-order chi connectivity index (χ0) is 11.5. The Hall–Kier alpha value is -1.69. The number of fused-ring (bicyclic) bond motifs is 1. The van der Waals surface area contributed by atoms with Crippen LogP contribution in [0.2, 0.25) is 0 Å². The maximum absolute atomic E-state index is 5.57. The van der Waals surface area contributed by atoms with Crippen molar-refractivity contribution >= 4 is 11.5 Å². The van der Waals surface area contributed by atoms with E-state index in [0.717, 1.165) is 31.0 Å². The molecule has 3 rings (SSSR count). The number of nitrogens with one attached hydrogen (secondary N) is 1. The lowest BCUT2D eigenvalue weighted by Crippen LogP contribution is -2.13. The molecular weight excluding hydrogens is 218 g/mol. The molecule has 1 N–H and O–H groups in total. The lowest BCUT2D eigenvalue weighted by atomic mass is 10.2. The SMILES string of the molecule is c1cn2cnnc2c(NCCC2CCCO2)n1. The Morgan fingerprint density at radius 1 is 1.53 bits per heavy atom. The van der Waals surface area contributed by atoms with Gasteiger partial charge in [-0.25, -0.2) is 4.98 Å². The van der Waals surface area contributed by atoms with Crippen molar-refractivity contribution in [2.45, 2.75) is 25.4 Å². The minimum atomic E-state index is 0.403. The first-order valence-corrected chi connectivity index (χ1v) is 5.93. The summed E-state index contributed by atoms with van der Waals surface area (Å²) >= 11 is 0. The molecule has 0 aromatic carbocycles. The second-order valence-electron chi connectivity index (χ2n) is 4.19. The molecule has 1 saturated heterocycles. The van der Waals surface area contributed by atoms with Crippen LogP contribution in [0.3, 0.4) is 0 Å². The van der Waals surface area contributed by atoms with Gasteiger partial charge in [0, 0.05) is 25.5 Å². The molecule has 6 nitrogen and oxygen atoms in total. The van der Waals surface area contributed by atoms with Crippen molar-refractivity contribution < 1.29 is 4.74 Å². The van der Waals surface area contributed by atoms with E-state index in [1.807, 2.05) is 10.6 Å². The summed E-state index contributed by atoms with van der Waals surface area (Å²) in [5.41, 5.74) is 0.764. The Kier molecular flexibility index (Phi) is 2.87. The molecule has 6 heteroatoms. The third-order valence-electron chi connectivity index (χ3n) is 3.00. The largest absolute Gasteiger partial charge is 0.378 e. The van der Waals surface area contributed by atoms with Crippen LogP contribution in [0.1, 0.15) is 19.3 Å². The van der Waals surface area contributed by atoms with Crippen LogP contribution >= 0.6 is 0 Å². The Morgan fingerprint density at radius 3 is 3.41 bits per heavy atom. The lowest BCUT2D eigenvalue weighted by Gasteiger charge is -2.10. The highest BCUT2D eigenvalue weighted by atomic mass is 16.5. The highest BCUT2D eigenvalue weighted by Crippen LogP contribution is 2.16. The monoisotopic (exact) mass is 233 g/mol. The number of aromatic nitrogens is 4. The van der Waals surface area contributed by atoms with Crippen LogP contribution < -0.4 is 5.32 Å². The number of nitrogens with zero attached hydrogens (tertiary/aromatic N) is 4. The molecule has 1 aliphatic rings. The average molecular weight is 233 g/mol. The summed E-state index contributed by atoms with van der Waals surface area (Å²) < 4.78 is 7.42. The normalized spacial score (nSPS) is 19.9. The number of hydrogen-bond donors (Lipinski definition) is 1. The van der Waals surface area contributed by atoms with Gasteiger partial charge in [-0.2, -0.15) is 0 Å². The Bertz CT molecular complexity index is 491. The number of anilines is 1. The van der Waals surface area contributed by atoms with E-state index in [1.54, 1.807) is 12.5 Å². The van der Waals surface area contributed by atoms with Crippen LogP contribution in [0.5, 0.6) is 0 Å². The average Bonchev–Trinajstić information content (AvgIpc) is 2.99. The second kappa shape index (κ2) is 4.67. The van der Waals surface area contributed by atoms with E-state index >= 15 is 0 Å². The van der Waals surface area contributed by atoms with Crippen molar-refractivity contribution in [2.24, 2.45) is 0 Å². The van der Waals surface area contributed by atoms with Crippen molar-refractivity contribution in [3.05, 3.63) is 18.7 Å². The number of ether oxygens (including phenoxy) is 1. The molecule has 17 heavy (non-hydrogen) atoms. The summed E-state index contributed by atoms with van der Waals surface area (Å²) in [6.45, 7) is 1.76. The van der Waals surface area contributed by atoms with Gasteiger partial charge in [-0.05, 0) is 19.3 Å². The third kappa shape index (κ3) is 2.21. The number of hydrogen-bond acceptors (Lipinski definition) is 5. The zero-order valence-electron chi connectivity index (χ0n) is 9.54. The van der Waals surface area contributed by atoms with Crippen LogP contribution in [-0.2, 0) is 4.74 Å². The van der Waals surface area contributed by atoms with Gasteiger partial charge in [0.2, 0.25) is 5.65 Å². The van der Waals surface area contributed by atoms with E-state index in [0.29, 0.717) is 6.10 Å². The summed E-state index contributed by atoms with van der Waals surface area (Å²) in [6, 6.07) is 0. The van der Waals surface area contributed by atoms with Crippen molar-refractivity contribution in [1.82, 2.24) is 19.6 Å². The molecule has 0 radical (unpaired) electrons. The summed E-state index contributed by atoms with van der Waals surface area (Å²) in [5.74, 6) is 0.781. The van der Waals surface area contributed by atoms with Gasteiger partial charge in [0.15, 0.2) is 5.82 Å². The maximum Gasteiger partial charge on any atom is 0.203 e. The minimum Gasteiger partial charge on any atom is -0.378 e. The van der Waals surface area contributed by atoms with Crippen molar-refractivity contribution in [3.8, 4) is 0 Å². The van der Waals surface area contributed by atoms with Gasteiger partial charge in [-0.1, -0.05) is 0 Å². The molecule has 1 atom stereocenters. The molecule has 90 valence electrons. The van der Waals surface area contributed by atoms with E-state index in [2.05, 4.69) is 20.5 Å². The Labute approximate surface area is 99.0 Å². The molecule has 1 aliphatic heterocycles. The van der Waals surface area contributed by atoms with Crippen LogP contribution in [0.25, 0.3) is 5.65 Å². The van der Waals surface area contributed by atoms with Gasteiger partial charge in [0.1, 0.15) is 6.33 Å². The van der Waals surface area contributed by atoms with Crippen molar-refractivity contribution in [3.63, 3.8) is 0 Å². The first-order chi connectivity index (χ1) is 8.43. The highest BCUT2D eigenvalue weighted by Gasteiger charge is 2.15. The van der Waals surface area contributed by atoms with Crippen LogP contribution in [0.15, 0.2) is 18.7 Å². The quantitative estimate of drug-likeness (QED) is 0.856. The topological polar surface area (TPSA) is 64.3 Å². The van der Waals surface area contributed by atoms with E-state index in [-0.39, 0.29) is 0 Å². The number of rotatable bonds is 4. The molecule has 1 fully saturated rings. The van der Waals surface area contributed by atoms with Gasteiger partial charge in [-0.3, -0.25) is 4.40 Å². The predicted octanol–water partition coefficient (Wildman–Crippen LogP) is 1.11. The van der Waals surface area contributed by atoms with E-state index in [9.17, 15) is 0 Å². The summed E-state index contributed by atoms with van der Waals surface area (Å²) in [5, 5.41) is 11.2. The molecule has 2 aromatic heterocycles. The Balaban J connectivity index is 1.62. The fourth-order valence-electron chi connectivity index (χ4n) is 2.11. The van der Waals surface area contributed by atoms with Gasteiger partial charge >= 0.3 is 0 Å². The van der Waals surface area contributed by atoms with Crippen molar-refractivity contribution in [2.75, 3.05) is 18.5 Å². The first kappa shape index (κ1) is 10.5. The second-order valence-corrected chi connectivity index (χ2v) is 4.19. The summed E-state index contributed by atoms with van der Waals surface area (Å²) in [4.78, 5) is 4.27. The van der Waals surface area contributed by atoms with Gasteiger partial charge < -0.3 is 10.1 Å². The minimum absolute atomic E-state index is 0.403. The van der Waals surface area contributed by atoms with Gasteiger partial charge in [0.05, 0.1) is 6.10 Å². The maximum atomic E-state index is 5.57. The molecule has 2 aromatic rings. The zero-order valence-corrected chi connectivity index (χ0v) is 9.54. The third-order valence-corrected chi connectivity index (χ3v) is 3.00. The fraction of sp³-hybridized carbons (Fsp3) is 0.545. The molecule has 0 spiro atoms. The summed E-state index contributed by atoms with van der Waals surface area (Å²) in [7, 11) is 0. The first-order valence-electron chi connectivity index (χ1n) is 5.93. The lowest BCUT2D eigenvalue weighted by molar-refractivity contribution is 0.107. The fourth-order valence-corrected chi connectivity index (χ4v) is 2.11. The molecule has 0 bridgehead atoms. The standard InChI is InChI=1S/C11H15N5O/c1-2-9(17-7-1)3-4-12-10-11-15-14-8-16(11)6-5-13-10/h5-6,8-9H,1-4,7H2,(H,12,13). The van der Waals surface area contributed by atoms with Crippen molar-refractivity contribution in [1.29, 1.82) is 0 Å². The highest BCUT2D eigenvalue weighted by molar-refractivity contribution is 5.61. The summed E-state index contributed by atoms with van der Waals surface area (Å²) in [6.07, 6.45) is 9.01. The molecule has 3 heterocycles. The molecular formula is C11H15N5O. The molecule has 0 saturated carbocycles. The van der Waals surface area contributed by atoms with Crippen LogP contribution in [-0.4, -0.2) is 38.8 Å². The van der Waals surface area contributed by atoms with Crippen LogP contribution in [0.4, 0.5) is 5.82 Å². The molecule has 0 aliphatic carbocycles. The van der Waals surface area contributed by atoms with Gasteiger partial charge in [-0.15, -0.1) is 10.2 Å². The van der Waals surface area contributed by atoms with E-state index in [4.69, 9.17) is 4.74 Å². The predicted molar refractivity (Wildman–Crippen MR) is 62.9 cm³/mol.